The first-order valence-corrected chi connectivity index (χ1v) is 33.9. The second-order valence-corrected chi connectivity index (χ2v) is 29.6. The molecule has 0 aromatic heterocycles. The maximum atomic E-state index is 16.0. The molecule has 0 spiro atoms. The van der Waals surface area contributed by atoms with Crippen LogP contribution >= 0.6 is 0 Å². The zero-order valence-electron chi connectivity index (χ0n) is 51.6. The van der Waals surface area contributed by atoms with Gasteiger partial charge in [-0.3, -0.25) is 0 Å². The molecular weight excluding hydrogens is 1140 g/mol. The highest BCUT2D eigenvalue weighted by Crippen LogP contribution is 2.60. The van der Waals surface area contributed by atoms with Crippen molar-refractivity contribution in [2.75, 3.05) is 9.80 Å². The Hall–Kier alpha value is -10.3. The van der Waals surface area contributed by atoms with E-state index < -0.39 is 42.2 Å². The molecule has 2 unspecified atom stereocenters. The summed E-state index contributed by atoms with van der Waals surface area (Å²) in [6.45, 7) is 21.5. The maximum absolute atomic E-state index is 16.0. The van der Waals surface area contributed by atoms with Crippen molar-refractivity contribution in [3.63, 3.8) is 0 Å². The Morgan fingerprint density at radius 1 is 0.319 bits per heavy atom. The Kier molecular flexibility index (Phi) is 13.4. The number of fused-ring (bicyclic) bond motifs is 9. The summed E-state index contributed by atoms with van der Waals surface area (Å²) in [4.78, 5) is 4.08. The molecule has 12 aromatic rings. The van der Waals surface area contributed by atoms with Gasteiger partial charge in [-0.1, -0.05) is 207 Å². The minimum Gasteiger partial charge on any atom is -0.310 e. The number of rotatable bonds is 12. The zero-order valence-corrected chi connectivity index (χ0v) is 52.6. The summed E-state index contributed by atoms with van der Waals surface area (Å²) in [5.41, 5.74) is 24.2. The van der Waals surface area contributed by atoms with Crippen LogP contribution in [0.25, 0.3) is 45.5 Å². The lowest BCUT2D eigenvalue weighted by molar-refractivity contribution is 0.509. The molecular formula is C84H64F4N2Si. The van der Waals surface area contributed by atoms with Crippen molar-refractivity contribution in [3.8, 4) is 33.4 Å². The van der Waals surface area contributed by atoms with Gasteiger partial charge in [0, 0.05) is 46.3 Å². The molecule has 0 saturated heterocycles. The lowest BCUT2D eigenvalue weighted by atomic mass is 9.66. The molecule has 3 aliphatic rings. The first-order valence-electron chi connectivity index (χ1n) is 30.9. The molecule has 0 saturated carbocycles. The predicted molar refractivity (Wildman–Crippen MR) is 372 cm³/mol. The minimum absolute atomic E-state index is 0.447. The smallest absolute Gasteiger partial charge is 0.160 e. The van der Waals surface area contributed by atoms with Gasteiger partial charge >= 0.3 is 0 Å². The summed E-state index contributed by atoms with van der Waals surface area (Å²) in [5.74, 6) is -3.80. The number of aryl methyl sites for hydroxylation is 4. The number of hydrogen-bond donors (Lipinski definition) is 0. The van der Waals surface area contributed by atoms with Crippen LogP contribution in [0.15, 0.2) is 256 Å². The average molecular weight is 1210 g/mol. The molecule has 0 amide bonds. The summed E-state index contributed by atoms with van der Waals surface area (Å²) in [7, 11) is -2.44. The van der Waals surface area contributed by atoms with E-state index in [0.717, 1.165) is 134 Å². The Balaban J connectivity index is 0.932. The standard InChI is InChI=1S/C84H64F4N2Si/c1-9-55-23-27-57(28-24-55)83(73-43-51(3)19-21-53(73)5)71-17-13-11-15-65(71)67-37-31-61(47-75(67)83)89(63-33-39-77(85)79(87)49-63)59-35-41-81-69(45-59)70-46-60(36-42-82(70)91(81,7)8)90(64-34-40-78(86)80(88)50-64)62-32-38-68-66-16-12-14-18-72(66)84(76(68)48-62,58-29-25-56(10-2)26-30-58)74-44-52(4)20-22-54(74)6/h9-50H,1-2H2,3-8H3. The molecule has 15 rings (SSSR count). The number of nitrogens with zero attached hydrogens (tertiary/aromatic N) is 2. The van der Waals surface area contributed by atoms with E-state index in [-0.39, 0.29) is 0 Å². The third-order valence-electron chi connectivity index (χ3n) is 19.8. The highest BCUT2D eigenvalue weighted by Gasteiger charge is 2.49. The predicted octanol–water partition coefficient (Wildman–Crippen LogP) is 21.2. The molecule has 0 N–H and O–H groups in total. The van der Waals surface area contributed by atoms with Crippen LogP contribution in [0, 0.1) is 51.0 Å². The fraction of sp³-hybridized carbons (Fsp3) is 0.0952. The SMILES string of the molecule is C=Cc1ccc(C2(c3cc(C)ccc3C)c3ccccc3-c3ccc(N(c4ccc(F)c(F)c4)c4ccc5c(c4)-c4cc(N(c6ccc(F)c(F)c6)c6ccc7c(c6)C(c6ccc(C=C)cc6)(c6cc(C)ccc6C)c6ccccc6-7)ccc4[Si]5(C)C)cc32)cc1. The van der Waals surface area contributed by atoms with E-state index in [1.165, 1.54) is 34.6 Å². The molecule has 2 aliphatic carbocycles. The molecule has 442 valence electrons. The van der Waals surface area contributed by atoms with Crippen LogP contribution < -0.4 is 20.2 Å². The van der Waals surface area contributed by atoms with Gasteiger partial charge in [0.25, 0.3) is 0 Å². The highest BCUT2D eigenvalue weighted by atomic mass is 28.3. The lowest BCUT2D eigenvalue weighted by Crippen LogP contribution is -2.49. The molecule has 12 aromatic carbocycles. The Labute approximate surface area is 531 Å². The average Bonchev–Trinajstić information content (AvgIpc) is 1.57. The molecule has 0 bridgehead atoms. The minimum atomic E-state index is -2.44. The topological polar surface area (TPSA) is 6.48 Å². The van der Waals surface area contributed by atoms with Gasteiger partial charge in [0.15, 0.2) is 23.3 Å². The summed E-state index contributed by atoms with van der Waals surface area (Å²) in [6, 6.07) is 82.3. The highest BCUT2D eigenvalue weighted by molar-refractivity contribution is 7.03. The van der Waals surface area contributed by atoms with Gasteiger partial charge in [-0.15, -0.1) is 0 Å². The van der Waals surface area contributed by atoms with Crippen molar-refractivity contribution in [2.24, 2.45) is 0 Å². The van der Waals surface area contributed by atoms with Gasteiger partial charge in [-0.05, 0) is 211 Å². The fourth-order valence-corrected chi connectivity index (χ4v) is 18.6. The Morgan fingerprint density at radius 3 is 1.07 bits per heavy atom. The van der Waals surface area contributed by atoms with E-state index in [9.17, 15) is 0 Å². The van der Waals surface area contributed by atoms with Crippen molar-refractivity contribution in [1.29, 1.82) is 0 Å². The van der Waals surface area contributed by atoms with E-state index in [1.54, 1.807) is 12.1 Å². The van der Waals surface area contributed by atoms with E-state index in [1.807, 2.05) is 22.0 Å². The quantitative estimate of drug-likeness (QED) is 0.0889. The lowest BCUT2D eigenvalue weighted by Gasteiger charge is -2.36. The second-order valence-electron chi connectivity index (χ2n) is 25.3. The first-order chi connectivity index (χ1) is 44.0. The van der Waals surface area contributed by atoms with Crippen LogP contribution in [0.2, 0.25) is 13.1 Å². The third kappa shape index (κ3) is 8.65. The van der Waals surface area contributed by atoms with Crippen molar-refractivity contribution >= 4 is 64.7 Å². The zero-order chi connectivity index (χ0) is 62.8. The monoisotopic (exact) mass is 1200 g/mol. The molecule has 1 aliphatic heterocycles. The largest absolute Gasteiger partial charge is 0.310 e. The summed E-state index contributed by atoms with van der Waals surface area (Å²) < 4.78 is 62.5. The number of hydrogen-bond acceptors (Lipinski definition) is 2. The van der Waals surface area contributed by atoms with Crippen molar-refractivity contribution in [2.45, 2.75) is 51.6 Å². The molecule has 0 fully saturated rings. The van der Waals surface area contributed by atoms with Crippen LogP contribution in [-0.2, 0) is 10.8 Å². The number of halogens is 4. The summed E-state index contributed by atoms with van der Waals surface area (Å²) in [6.07, 6.45) is 3.72. The van der Waals surface area contributed by atoms with Gasteiger partial charge in [-0.25, -0.2) is 17.6 Å². The number of anilines is 6. The summed E-state index contributed by atoms with van der Waals surface area (Å²) >= 11 is 0. The number of benzene rings is 12. The third-order valence-corrected chi connectivity index (χ3v) is 23.4. The van der Waals surface area contributed by atoms with E-state index in [4.69, 9.17) is 0 Å². The molecule has 2 atom stereocenters. The van der Waals surface area contributed by atoms with Crippen molar-refractivity contribution in [1.82, 2.24) is 0 Å². The van der Waals surface area contributed by atoms with E-state index >= 15 is 17.6 Å². The fourth-order valence-electron chi connectivity index (χ4n) is 15.5. The molecule has 91 heavy (non-hydrogen) atoms. The molecule has 1 heterocycles. The van der Waals surface area contributed by atoms with Crippen LogP contribution in [0.1, 0.15) is 77.9 Å². The van der Waals surface area contributed by atoms with Gasteiger partial charge in [-0.2, -0.15) is 0 Å². The Bertz CT molecular complexity index is 4710. The van der Waals surface area contributed by atoms with Crippen molar-refractivity contribution < 1.29 is 17.6 Å². The second kappa shape index (κ2) is 21.4. The van der Waals surface area contributed by atoms with E-state index in [2.05, 4.69) is 260 Å². The van der Waals surface area contributed by atoms with Gasteiger partial charge in [0.1, 0.15) is 8.07 Å². The molecule has 7 heteroatoms. The van der Waals surface area contributed by atoms with Crippen LogP contribution in [0.3, 0.4) is 0 Å². The van der Waals surface area contributed by atoms with Crippen LogP contribution in [0.4, 0.5) is 51.7 Å². The van der Waals surface area contributed by atoms with Gasteiger partial charge in [0.2, 0.25) is 0 Å². The van der Waals surface area contributed by atoms with Crippen LogP contribution in [-0.4, -0.2) is 8.07 Å². The van der Waals surface area contributed by atoms with Crippen LogP contribution in [0.5, 0.6) is 0 Å². The normalized spacial score (nSPS) is 16.1. The first kappa shape index (κ1) is 57.1. The van der Waals surface area contributed by atoms with Crippen molar-refractivity contribution in [3.05, 3.63) is 357 Å². The Morgan fingerprint density at radius 2 is 0.670 bits per heavy atom. The van der Waals surface area contributed by atoms with E-state index in [0.29, 0.717) is 11.4 Å². The maximum Gasteiger partial charge on any atom is 0.160 e. The molecule has 2 nitrogen and oxygen atoms in total. The van der Waals surface area contributed by atoms with Gasteiger partial charge < -0.3 is 9.80 Å². The van der Waals surface area contributed by atoms with Gasteiger partial charge in [0.05, 0.1) is 10.8 Å². The molecule has 0 radical (unpaired) electrons. The summed E-state index contributed by atoms with van der Waals surface area (Å²) in [5, 5.41) is 2.43.